The number of allylic oxidation sites excluding steroid dienone is 2. The second-order valence-electron chi connectivity index (χ2n) is 12.4. The third-order valence-electron chi connectivity index (χ3n) is 9.44. The van der Waals surface area contributed by atoms with Crippen molar-refractivity contribution in [3.63, 3.8) is 0 Å². The van der Waals surface area contributed by atoms with Crippen LogP contribution in [-0.2, 0) is 18.4 Å². The Bertz CT molecular complexity index is 2050. The van der Waals surface area contributed by atoms with Gasteiger partial charge in [-0.25, -0.2) is 14.3 Å². The smallest absolute Gasteiger partial charge is 0.278 e. The summed E-state index contributed by atoms with van der Waals surface area (Å²) in [5, 5.41) is 5.09. The second-order valence-corrected chi connectivity index (χ2v) is 12.4. The molecule has 5 aromatic rings. The Morgan fingerprint density at radius 2 is 1.84 bits per heavy atom. The van der Waals surface area contributed by atoms with Crippen molar-refractivity contribution in [3.8, 4) is 11.4 Å². The molecule has 0 aliphatic carbocycles. The van der Waals surface area contributed by atoms with E-state index in [0.717, 1.165) is 42.8 Å². The predicted octanol–water partition coefficient (Wildman–Crippen LogP) is 4.70. The Morgan fingerprint density at radius 1 is 0.978 bits per heavy atom. The number of carbonyl (C=O) groups is 1. The van der Waals surface area contributed by atoms with Gasteiger partial charge in [-0.1, -0.05) is 18.2 Å². The Hall–Kier alpha value is -4.90. The number of piperidine rings is 1. The molecular weight excluding hydrogens is 568 g/mol. The first kappa shape index (κ1) is 27.6. The van der Waals surface area contributed by atoms with Gasteiger partial charge < -0.3 is 24.4 Å². The molecule has 230 valence electrons. The Morgan fingerprint density at radius 3 is 2.71 bits per heavy atom. The normalized spacial score (nSPS) is 17.6. The fourth-order valence-corrected chi connectivity index (χ4v) is 7.01. The van der Waals surface area contributed by atoms with Crippen molar-refractivity contribution in [1.29, 1.82) is 0 Å². The number of hydrogen-bond donors (Lipinski definition) is 1. The maximum atomic E-state index is 13.7. The zero-order valence-corrected chi connectivity index (χ0v) is 25.6. The van der Waals surface area contributed by atoms with E-state index in [1.807, 2.05) is 29.0 Å². The van der Waals surface area contributed by atoms with Crippen molar-refractivity contribution in [2.45, 2.75) is 38.1 Å². The van der Waals surface area contributed by atoms with Gasteiger partial charge in [-0.05, 0) is 87.6 Å². The highest BCUT2D eigenvalue weighted by atomic mass is 16.5. The number of hydrogen-bond acceptors (Lipinski definition) is 7. The van der Waals surface area contributed by atoms with Gasteiger partial charge >= 0.3 is 0 Å². The van der Waals surface area contributed by atoms with Crippen LogP contribution in [0.1, 0.15) is 37.2 Å². The quantitative estimate of drug-likeness (QED) is 0.298. The highest BCUT2D eigenvalue weighted by molar-refractivity contribution is 5.98. The lowest BCUT2D eigenvalue weighted by molar-refractivity contribution is -0.121. The summed E-state index contributed by atoms with van der Waals surface area (Å²) in [6.45, 7) is 3.26. The molecule has 3 aliphatic rings. The van der Waals surface area contributed by atoms with Gasteiger partial charge in [0.2, 0.25) is 5.95 Å². The average molecular weight is 605 g/mol. The van der Waals surface area contributed by atoms with E-state index in [-0.39, 0.29) is 18.1 Å². The summed E-state index contributed by atoms with van der Waals surface area (Å²) in [6, 6.07) is 12.1. The fraction of sp³-hybridized carbons (Fsp3) is 0.353. The number of carbonyl (C=O) groups excluding carboxylic acids is 1. The molecule has 8 rings (SSSR count). The highest BCUT2D eigenvalue weighted by Gasteiger charge is 2.27. The minimum absolute atomic E-state index is 0.0234. The number of aromatic nitrogens is 5. The van der Waals surface area contributed by atoms with Gasteiger partial charge in [0.25, 0.3) is 11.5 Å². The van der Waals surface area contributed by atoms with Crippen LogP contribution in [0.3, 0.4) is 0 Å². The van der Waals surface area contributed by atoms with Gasteiger partial charge in [-0.3, -0.25) is 9.59 Å². The van der Waals surface area contributed by atoms with Gasteiger partial charge in [0.1, 0.15) is 11.1 Å². The van der Waals surface area contributed by atoms with Gasteiger partial charge in [0, 0.05) is 37.1 Å². The number of nitrogens with zero attached hydrogens (tertiary/aromatic N) is 7. The Balaban J connectivity index is 1.19. The molecule has 45 heavy (non-hydrogen) atoms. The Kier molecular flexibility index (Phi) is 6.71. The van der Waals surface area contributed by atoms with Crippen molar-refractivity contribution >= 4 is 45.2 Å². The third kappa shape index (κ3) is 4.78. The van der Waals surface area contributed by atoms with Gasteiger partial charge in [0.05, 0.1) is 23.4 Å². The zero-order valence-electron chi connectivity index (χ0n) is 25.6. The summed E-state index contributed by atoms with van der Waals surface area (Å²) in [5.74, 6) is 1.55. The molecule has 2 bridgehead atoms. The molecule has 0 unspecified atom stereocenters. The molecule has 2 aromatic carbocycles. The molecule has 11 heteroatoms. The minimum Gasteiger partial charge on any atom is -0.482 e. The minimum atomic E-state index is -0.174. The number of likely N-dealkylation sites (tertiary alicyclic amines) is 1. The molecule has 6 heterocycles. The van der Waals surface area contributed by atoms with Gasteiger partial charge in [0.15, 0.2) is 12.3 Å². The van der Waals surface area contributed by atoms with Crippen molar-refractivity contribution in [3.05, 3.63) is 76.9 Å². The van der Waals surface area contributed by atoms with Crippen LogP contribution >= 0.6 is 0 Å². The first-order chi connectivity index (χ1) is 21.9. The van der Waals surface area contributed by atoms with Crippen LogP contribution in [0, 0.1) is 0 Å². The summed E-state index contributed by atoms with van der Waals surface area (Å²) in [4.78, 5) is 40.1. The number of anilines is 3. The summed E-state index contributed by atoms with van der Waals surface area (Å²) in [7, 11) is 4.29. The van der Waals surface area contributed by atoms with Gasteiger partial charge in [-0.15, -0.1) is 0 Å². The molecular formula is C34H36N8O3. The molecule has 0 spiro atoms. The number of amides is 1. The summed E-state index contributed by atoms with van der Waals surface area (Å²) in [6.07, 6.45) is 11.9. The molecule has 11 nitrogen and oxygen atoms in total. The topological polar surface area (TPSA) is 102 Å². The molecule has 1 saturated heterocycles. The van der Waals surface area contributed by atoms with Gasteiger partial charge in [-0.2, -0.15) is 4.98 Å². The van der Waals surface area contributed by atoms with E-state index in [1.165, 1.54) is 23.8 Å². The van der Waals surface area contributed by atoms with E-state index >= 15 is 0 Å². The van der Waals surface area contributed by atoms with E-state index in [1.54, 1.807) is 15.8 Å². The Labute approximate surface area is 260 Å². The third-order valence-corrected chi connectivity index (χ3v) is 9.44. The van der Waals surface area contributed by atoms with E-state index in [0.29, 0.717) is 47.4 Å². The van der Waals surface area contributed by atoms with Crippen molar-refractivity contribution in [2.24, 2.45) is 7.05 Å². The predicted molar refractivity (Wildman–Crippen MR) is 175 cm³/mol. The van der Waals surface area contributed by atoms with Crippen molar-refractivity contribution in [2.75, 3.05) is 43.5 Å². The fourth-order valence-electron chi connectivity index (χ4n) is 7.01. The van der Waals surface area contributed by atoms with E-state index in [4.69, 9.17) is 9.72 Å². The van der Waals surface area contributed by atoms with Crippen LogP contribution in [-0.4, -0.2) is 68.0 Å². The maximum Gasteiger partial charge on any atom is 0.278 e. The van der Waals surface area contributed by atoms with E-state index in [2.05, 4.69) is 64.3 Å². The number of benzene rings is 2. The van der Waals surface area contributed by atoms with Crippen LogP contribution < -0.4 is 20.5 Å². The molecule has 3 aliphatic heterocycles. The number of nitrogens with one attached hydrogen (secondary N) is 1. The molecule has 0 radical (unpaired) electrons. The number of rotatable bonds is 3. The molecule has 0 atom stereocenters. The SMILES string of the molecule is CN1CCC(c2cn(C)c3cc(Nc4ncc5c(=O)n6n(c5n4)-c4ccc5c(c4)N(CCCC=CC6)C(=O)CO5)ccc23)CC1. The molecule has 3 aromatic heterocycles. The van der Waals surface area contributed by atoms with E-state index in [9.17, 15) is 9.59 Å². The summed E-state index contributed by atoms with van der Waals surface area (Å²) >= 11 is 0. The monoisotopic (exact) mass is 604 g/mol. The second kappa shape index (κ2) is 10.9. The summed E-state index contributed by atoms with van der Waals surface area (Å²) < 4.78 is 11.4. The standard InChI is InChI=1S/C34H36N8O3/c1-38-15-11-22(12-16-38)27-20-39(2)28-17-23(7-9-25(27)28)36-34-35-19-26-32(37-34)42-24-8-10-30-29(18-24)40(31(43)21-45-30)13-5-3-4-6-14-41(42)33(26)44/h4,6-10,17-20,22H,3,5,11-16,21H2,1-2H3,(H,35,36,37). The number of fused-ring (bicyclic) bond motifs is 6. The first-order valence-corrected chi connectivity index (χ1v) is 15.7. The molecule has 0 saturated carbocycles. The van der Waals surface area contributed by atoms with Crippen LogP contribution in [0.2, 0.25) is 0 Å². The van der Waals surface area contributed by atoms with Crippen LogP contribution in [0.25, 0.3) is 27.6 Å². The van der Waals surface area contributed by atoms with Crippen LogP contribution in [0.15, 0.2) is 65.7 Å². The number of aryl methyl sites for hydroxylation is 1. The lowest BCUT2D eigenvalue weighted by Crippen LogP contribution is -2.39. The van der Waals surface area contributed by atoms with Crippen LogP contribution in [0.4, 0.5) is 17.3 Å². The zero-order chi connectivity index (χ0) is 30.7. The lowest BCUT2D eigenvalue weighted by atomic mass is 9.89. The van der Waals surface area contributed by atoms with Crippen LogP contribution in [0.5, 0.6) is 5.75 Å². The average Bonchev–Trinajstić information content (AvgIpc) is 3.51. The molecule has 1 fully saturated rings. The summed E-state index contributed by atoms with van der Waals surface area (Å²) in [5.41, 5.74) is 5.18. The van der Waals surface area contributed by atoms with Crippen molar-refractivity contribution in [1.82, 2.24) is 28.8 Å². The first-order valence-electron chi connectivity index (χ1n) is 15.7. The van der Waals surface area contributed by atoms with E-state index < -0.39 is 0 Å². The maximum absolute atomic E-state index is 13.7. The lowest BCUT2D eigenvalue weighted by Gasteiger charge is -2.30. The number of ether oxygens (including phenoxy) is 1. The molecule has 1 amide bonds. The largest absolute Gasteiger partial charge is 0.482 e. The van der Waals surface area contributed by atoms with Crippen molar-refractivity contribution < 1.29 is 9.53 Å². The highest BCUT2D eigenvalue weighted by Crippen LogP contribution is 2.37. The molecule has 1 N–H and O–H groups in total.